The Hall–Kier alpha value is -1.69. The van der Waals surface area contributed by atoms with Crippen LogP contribution in [0.1, 0.15) is 187 Å². The van der Waals surface area contributed by atoms with Crippen LogP contribution in [-0.4, -0.2) is 46.1 Å². The molecule has 0 spiro atoms. The molecule has 0 aliphatic heterocycles. The SMILES string of the molecule is CCCCC/C=C/CC/C=C/C(O)C(CO)NC(=O)C(O)CCCCCCCCCC/C=C\C/C=C\CCCCCCCCCCC. The summed E-state index contributed by atoms with van der Waals surface area (Å²) in [5, 5.41) is 32.8. The smallest absolute Gasteiger partial charge is 0.249 e. The standard InChI is InChI=1S/C42H77NO4/c1-3-5-7-9-11-13-14-15-16-17-18-19-20-21-22-23-24-25-26-27-29-31-33-35-37-41(46)42(47)43-39(38-44)40(45)36-34-32-30-28-12-10-8-6-4-2/h12,18-19,21-22,28,34,36,39-41,44-46H,3-11,13-17,20,23-27,29-33,35,37-38H2,1-2H3,(H,43,47)/b19-18-,22-21-,28-12+,36-34+. The van der Waals surface area contributed by atoms with Crippen molar-refractivity contribution in [3.63, 3.8) is 0 Å². The number of nitrogens with one attached hydrogen (secondary N) is 1. The van der Waals surface area contributed by atoms with E-state index in [1.807, 2.05) is 6.08 Å². The van der Waals surface area contributed by atoms with E-state index in [1.54, 1.807) is 6.08 Å². The number of amides is 1. The van der Waals surface area contributed by atoms with E-state index in [0.717, 1.165) is 44.9 Å². The van der Waals surface area contributed by atoms with Crippen molar-refractivity contribution in [2.75, 3.05) is 6.61 Å². The monoisotopic (exact) mass is 660 g/mol. The molecule has 0 aromatic carbocycles. The van der Waals surface area contributed by atoms with Crippen LogP contribution in [0.25, 0.3) is 0 Å². The Morgan fingerprint density at radius 1 is 0.532 bits per heavy atom. The summed E-state index contributed by atoms with van der Waals surface area (Å²) in [5.74, 6) is -0.523. The first kappa shape index (κ1) is 45.3. The maximum atomic E-state index is 12.4. The van der Waals surface area contributed by atoms with E-state index < -0.39 is 24.2 Å². The fraction of sp³-hybridized carbons (Fsp3) is 0.786. The zero-order valence-corrected chi connectivity index (χ0v) is 30.9. The van der Waals surface area contributed by atoms with E-state index >= 15 is 0 Å². The number of aliphatic hydroxyl groups is 3. The lowest BCUT2D eigenvalue weighted by molar-refractivity contribution is -0.131. The van der Waals surface area contributed by atoms with Crippen molar-refractivity contribution in [2.45, 2.75) is 205 Å². The first-order chi connectivity index (χ1) is 23.1. The lowest BCUT2D eigenvalue weighted by atomic mass is 10.0. The summed E-state index contributed by atoms with van der Waals surface area (Å²) in [6.07, 6.45) is 47.2. The molecule has 3 unspecified atom stereocenters. The van der Waals surface area contributed by atoms with Gasteiger partial charge in [0.2, 0.25) is 5.91 Å². The van der Waals surface area contributed by atoms with Gasteiger partial charge in [0.25, 0.3) is 0 Å². The Labute approximate surface area is 291 Å². The van der Waals surface area contributed by atoms with Gasteiger partial charge >= 0.3 is 0 Å². The summed E-state index contributed by atoms with van der Waals surface area (Å²) in [4.78, 5) is 12.4. The maximum absolute atomic E-state index is 12.4. The number of hydrogen-bond acceptors (Lipinski definition) is 4. The van der Waals surface area contributed by atoms with Gasteiger partial charge in [0.05, 0.1) is 18.8 Å². The summed E-state index contributed by atoms with van der Waals surface area (Å²) < 4.78 is 0. The molecule has 0 saturated heterocycles. The zero-order valence-electron chi connectivity index (χ0n) is 30.9. The number of aliphatic hydroxyl groups excluding tert-OH is 3. The highest BCUT2D eigenvalue weighted by Crippen LogP contribution is 2.13. The summed E-state index contributed by atoms with van der Waals surface area (Å²) in [6.45, 7) is 4.10. The van der Waals surface area contributed by atoms with Gasteiger partial charge in [-0.2, -0.15) is 0 Å². The number of carbonyl (C=O) groups excluding carboxylic acids is 1. The summed E-state index contributed by atoms with van der Waals surface area (Å²) in [5.41, 5.74) is 0. The second-order valence-electron chi connectivity index (χ2n) is 13.5. The van der Waals surface area contributed by atoms with Gasteiger partial charge in [0.15, 0.2) is 0 Å². The third-order valence-electron chi connectivity index (χ3n) is 8.89. The van der Waals surface area contributed by atoms with E-state index in [4.69, 9.17) is 0 Å². The predicted molar refractivity (Wildman–Crippen MR) is 204 cm³/mol. The van der Waals surface area contributed by atoms with Crippen molar-refractivity contribution in [3.8, 4) is 0 Å². The molecule has 0 aliphatic rings. The number of allylic oxidation sites excluding steroid dienone is 7. The molecular weight excluding hydrogens is 582 g/mol. The molecule has 0 saturated carbocycles. The largest absolute Gasteiger partial charge is 0.394 e. The molecule has 0 aliphatic carbocycles. The first-order valence-corrected chi connectivity index (χ1v) is 20.0. The van der Waals surface area contributed by atoms with E-state index in [0.29, 0.717) is 6.42 Å². The van der Waals surface area contributed by atoms with Gasteiger partial charge in [0, 0.05) is 0 Å². The van der Waals surface area contributed by atoms with Crippen LogP contribution in [0.5, 0.6) is 0 Å². The molecule has 5 heteroatoms. The van der Waals surface area contributed by atoms with Crippen LogP contribution in [0.2, 0.25) is 0 Å². The average molecular weight is 660 g/mol. The summed E-state index contributed by atoms with van der Waals surface area (Å²) >= 11 is 0. The van der Waals surface area contributed by atoms with Crippen molar-refractivity contribution in [1.29, 1.82) is 0 Å². The van der Waals surface area contributed by atoms with Crippen LogP contribution in [-0.2, 0) is 4.79 Å². The number of rotatable bonds is 35. The molecule has 3 atom stereocenters. The minimum Gasteiger partial charge on any atom is -0.394 e. The number of unbranched alkanes of at least 4 members (excludes halogenated alkanes) is 21. The molecule has 0 aromatic heterocycles. The lowest BCUT2D eigenvalue weighted by Gasteiger charge is -2.21. The molecule has 4 N–H and O–H groups in total. The fourth-order valence-corrected chi connectivity index (χ4v) is 5.70. The molecule has 0 rings (SSSR count). The Balaban J connectivity index is 3.67. The highest BCUT2D eigenvalue weighted by molar-refractivity contribution is 5.80. The van der Waals surface area contributed by atoms with Crippen LogP contribution in [0.3, 0.4) is 0 Å². The number of hydrogen-bond donors (Lipinski definition) is 4. The Morgan fingerprint density at radius 3 is 1.47 bits per heavy atom. The molecule has 1 amide bonds. The van der Waals surface area contributed by atoms with E-state index in [1.165, 1.54) is 122 Å². The second-order valence-corrected chi connectivity index (χ2v) is 13.5. The molecule has 0 radical (unpaired) electrons. The average Bonchev–Trinajstić information content (AvgIpc) is 3.07. The first-order valence-electron chi connectivity index (χ1n) is 20.0. The molecule has 274 valence electrons. The molecule has 0 bridgehead atoms. The molecular formula is C42H77NO4. The van der Waals surface area contributed by atoms with Crippen molar-refractivity contribution < 1.29 is 20.1 Å². The summed E-state index contributed by atoms with van der Waals surface area (Å²) in [6, 6.07) is -0.815. The molecule has 0 heterocycles. The zero-order chi connectivity index (χ0) is 34.5. The minimum atomic E-state index is -1.11. The third kappa shape index (κ3) is 32.6. The quantitative estimate of drug-likeness (QED) is 0.0402. The van der Waals surface area contributed by atoms with Gasteiger partial charge < -0.3 is 20.6 Å². The highest BCUT2D eigenvalue weighted by Gasteiger charge is 2.22. The van der Waals surface area contributed by atoms with Gasteiger partial charge in [-0.3, -0.25) is 4.79 Å². The second kappa shape index (κ2) is 37.1. The van der Waals surface area contributed by atoms with Crippen LogP contribution >= 0.6 is 0 Å². The Morgan fingerprint density at radius 2 is 0.936 bits per heavy atom. The van der Waals surface area contributed by atoms with Crippen molar-refractivity contribution in [2.24, 2.45) is 0 Å². The van der Waals surface area contributed by atoms with Crippen molar-refractivity contribution in [3.05, 3.63) is 48.6 Å². The maximum Gasteiger partial charge on any atom is 0.249 e. The van der Waals surface area contributed by atoms with E-state index in [2.05, 4.69) is 55.6 Å². The van der Waals surface area contributed by atoms with Gasteiger partial charge in [0.1, 0.15) is 6.10 Å². The van der Waals surface area contributed by atoms with Gasteiger partial charge in [-0.25, -0.2) is 0 Å². The summed E-state index contributed by atoms with van der Waals surface area (Å²) in [7, 11) is 0. The van der Waals surface area contributed by atoms with Crippen molar-refractivity contribution >= 4 is 5.91 Å². The highest BCUT2D eigenvalue weighted by atomic mass is 16.3. The Bertz CT molecular complexity index is 775. The molecule has 0 aromatic rings. The normalized spacial score (nSPS) is 14.2. The fourth-order valence-electron chi connectivity index (χ4n) is 5.70. The van der Waals surface area contributed by atoms with Crippen molar-refractivity contribution in [1.82, 2.24) is 5.32 Å². The predicted octanol–water partition coefficient (Wildman–Crippen LogP) is 11.0. The minimum absolute atomic E-state index is 0.381. The van der Waals surface area contributed by atoms with Crippen LogP contribution < -0.4 is 5.32 Å². The topological polar surface area (TPSA) is 89.8 Å². The number of carbonyl (C=O) groups is 1. The van der Waals surface area contributed by atoms with E-state index in [-0.39, 0.29) is 6.61 Å². The molecule has 0 fully saturated rings. The van der Waals surface area contributed by atoms with Crippen LogP contribution in [0, 0.1) is 0 Å². The van der Waals surface area contributed by atoms with Gasteiger partial charge in [-0.05, 0) is 64.2 Å². The van der Waals surface area contributed by atoms with Crippen LogP contribution in [0.4, 0.5) is 0 Å². The molecule has 5 nitrogen and oxygen atoms in total. The Kier molecular flexibility index (Phi) is 35.8. The van der Waals surface area contributed by atoms with E-state index in [9.17, 15) is 20.1 Å². The lowest BCUT2D eigenvalue weighted by Crippen LogP contribution is -2.48. The van der Waals surface area contributed by atoms with Gasteiger partial charge in [-0.15, -0.1) is 0 Å². The molecule has 47 heavy (non-hydrogen) atoms. The third-order valence-corrected chi connectivity index (χ3v) is 8.89. The van der Waals surface area contributed by atoms with Crippen LogP contribution in [0.15, 0.2) is 48.6 Å². The van der Waals surface area contributed by atoms with Gasteiger partial charge in [-0.1, -0.05) is 172 Å².